The Hall–Kier alpha value is -1.68. The molecule has 0 saturated carbocycles. The Morgan fingerprint density at radius 1 is 1.33 bits per heavy atom. The maximum Gasteiger partial charge on any atom is 0.185 e. The van der Waals surface area contributed by atoms with Gasteiger partial charge in [0, 0.05) is 23.5 Å². The number of carbonyl (C=O) groups is 1. The predicted octanol–water partition coefficient (Wildman–Crippen LogP) is 3.80. The minimum absolute atomic E-state index is 0.135. The van der Waals surface area contributed by atoms with Crippen molar-refractivity contribution in [3.63, 3.8) is 0 Å². The zero-order valence-corrected chi connectivity index (χ0v) is 13.3. The first-order valence-electron chi connectivity index (χ1n) is 7.43. The minimum Gasteiger partial charge on any atom is -0.345 e. The van der Waals surface area contributed by atoms with Gasteiger partial charge in [-0.05, 0) is 19.3 Å². The highest BCUT2D eigenvalue weighted by molar-refractivity contribution is 7.13. The Kier molecular flexibility index (Phi) is 4.06. The molecule has 0 spiro atoms. The van der Waals surface area contributed by atoms with Crippen molar-refractivity contribution in [3.8, 4) is 0 Å². The third-order valence-corrected chi connectivity index (χ3v) is 4.93. The molecule has 1 aliphatic heterocycles. The highest BCUT2D eigenvalue weighted by Crippen LogP contribution is 2.31. The lowest BCUT2D eigenvalue weighted by molar-refractivity contribution is 0.0992. The lowest BCUT2D eigenvalue weighted by atomic mass is 10.1. The first-order valence-corrected chi connectivity index (χ1v) is 8.30. The van der Waals surface area contributed by atoms with Gasteiger partial charge in [0.2, 0.25) is 0 Å². The van der Waals surface area contributed by atoms with Gasteiger partial charge in [-0.25, -0.2) is 4.98 Å². The van der Waals surface area contributed by atoms with Crippen LogP contribution in [0.15, 0.2) is 35.7 Å². The summed E-state index contributed by atoms with van der Waals surface area (Å²) < 4.78 is 0. The lowest BCUT2D eigenvalue weighted by Gasteiger charge is -2.19. The van der Waals surface area contributed by atoms with Crippen LogP contribution in [0.3, 0.4) is 0 Å². The second-order valence-corrected chi connectivity index (χ2v) is 6.77. The molecule has 3 nitrogen and oxygen atoms in total. The zero-order valence-electron chi connectivity index (χ0n) is 12.5. The van der Waals surface area contributed by atoms with Crippen molar-refractivity contribution in [2.45, 2.75) is 32.7 Å². The molecule has 2 atom stereocenters. The van der Waals surface area contributed by atoms with Gasteiger partial charge in [0.25, 0.3) is 0 Å². The summed E-state index contributed by atoms with van der Waals surface area (Å²) in [6.07, 6.45) is 1.61. The van der Waals surface area contributed by atoms with Crippen molar-refractivity contribution < 1.29 is 4.79 Å². The van der Waals surface area contributed by atoms with Crippen molar-refractivity contribution >= 4 is 22.3 Å². The van der Waals surface area contributed by atoms with Crippen LogP contribution in [0.1, 0.15) is 36.3 Å². The van der Waals surface area contributed by atoms with E-state index >= 15 is 0 Å². The summed E-state index contributed by atoms with van der Waals surface area (Å²) in [5.74, 6) is 0.855. The molecule has 1 aromatic heterocycles. The second kappa shape index (κ2) is 5.98. The van der Waals surface area contributed by atoms with Crippen LogP contribution in [-0.2, 0) is 6.42 Å². The van der Waals surface area contributed by atoms with Gasteiger partial charge >= 0.3 is 0 Å². The Balaban J connectivity index is 1.70. The van der Waals surface area contributed by atoms with Crippen molar-refractivity contribution in [1.82, 2.24) is 4.98 Å². The zero-order chi connectivity index (χ0) is 14.8. The Bertz CT molecular complexity index is 623. The summed E-state index contributed by atoms with van der Waals surface area (Å²) in [5, 5.41) is 3.08. The molecule has 21 heavy (non-hydrogen) atoms. The number of ketones is 1. The van der Waals surface area contributed by atoms with Gasteiger partial charge in [-0.3, -0.25) is 4.79 Å². The summed E-state index contributed by atoms with van der Waals surface area (Å²) in [5.41, 5.74) is 1.64. The second-order valence-electron chi connectivity index (χ2n) is 5.93. The van der Waals surface area contributed by atoms with Crippen LogP contribution in [0.2, 0.25) is 0 Å². The Labute approximate surface area is 129 Å². The van der Waals surface area contributed by atoms with Crippen LogP contribution in [0, 0.1) is 5.92 Å². The van der Waals surface area contributed by atoms with E-state index in [1.165, 1.54) is 6.42 Å². The predicted molar refractivity (Wildman–Crippen MR) is 87.2 cm³/mol. The van der Waals surface area contributed by atoms with Gasteiger partial charge in [-0.1, -0.05) is 37.3 Å². The Morgan fingerprint density at radius 3 is 2.76 bits per heavy atom. The number of aromatic nitrogens is 1. The van der Waals surface area contributed by atoms with Crippen LogP contribution in [0.25, 0.3) is 0 Å². The number of benzene rings is 1. The molecule has 1 aliphatic rings. The molecule has 2 heterocycles. The van der Waals surface area contributed by atoms with Gasteiger partial charge in [0.15, 0.2) is 10.9 Å². The van der Waals surface area contributed by atoms with E-state index in [9.17, 15) is 4.79 Å². The highest BCUT2D eigenvalue weighted by Gasteiger charge is 2.28. The first-order chi connectivity index (χ1) is 10.1. The van der Waals surface area contributed by atoms with Crippen LogP contribution in [0.5, 0.6) is 0 Å². The normalized spacial score (nSPS) is 21.7. The summed E-state index contributed by atoms with van der Waals surface area (Å²) >= 11 is 1.65. The van der Waals surface area contributed by atoms with E-state index in [0.717, 1.165) is 28.9 Å². The molecule has 0 amide bonds. The van der Waals surface area contributed by atoms with Gasteiger partial charge in [-0.15, -0.1) is 11.3 Å². The average molecular weight is 300 g/mol. The smallest absolute Gasteiger partial charge is 0.185 e. The fourth-order valence-electron chi connectivity index (χ4n) is 2.97. The van der Waals surface area contributed by atoms with E-state index in [4.69, 9.17) is 0 Å². The van der Waals surface area contributed by atoms with Crippen molar-refractivity contribution in [2.75, 3.05) is 11.4 Å². The quantitative estimate of drug-likeness (QED) is 0.805. The summed E-state index contributed by atoms with van der Waals surface area (Å²) in [4.78, 5) is 19.2. The molecule has 1 fully saturated rings. The highest BCUT2D eigenvalue weighted by atomic mass is 32.1. The van der Waals surface area contributed by atoms with Crippen LogP contribution in [0.4, 0.5) is 5.13 Å². The van der Waals surface area contributed by atoms with E-state index in [-0.39, 0.29) is 5.78 Å². The molecule has 0 radical (unpaired) electrons. The number of thiazole rings is 1. The SMILES string of the molecule is CC1CC(C)N(c2nc(CC(=O)c3ccccc3)cs2)C1. The molecule has 2 aromatic rings. The van der Waals surface area contributed by atoms with E-state index in [2.05, 4.69) is 23.7 Å². The van der Waals surface area contributed by atoms with Gasteiger partial charge in [0.1, 0.15) is 0 Å². The molecule has 110 valence electrons. The minimum atomic E-state index is 0.135. The molecular formula is C17H20N2OS. The summed E-state index contributed by atoms with van der Waals surface area (Å²) in [6.45, 7) is 5.60. The molecule has 3 rings (SSSR count). The molecule has 4 heteroatoms. The fraction of sp³-hybridized carbons (Fsp3) is 0.412. The molecule has 0 bridgehead atoms. The largest absolute Gasteiger partial charge is 0.345 e. The monoisotopic (exact) mass is 300 g/mol. The summed E-state index contributed by atoms with van der Waals surface area (Å²) in [7, 11) is 0. The van der Waals surface area contributed by atoms with Gasteiger partial charge in [-0.2, -0.15) is 0 Å². The fourth-order valence-corrected chi connectivity index (χ4v) is 3.90. The van der Waals surface area contributed by atoms with Crippen molar-refractivity contribution in [3.05, 3.63) is 47.0 Å². The maximum atomic E-state index is 12.2. The van der Waals surface area contributed by atoms with Gasteiger partial charge in [0.05, 0.1) is 12.1 Å². The third-order valence-electron chi connectivity index (χ3n) is 4.01. The molecule has 0 aliphatic carbocycles. The lowest BCUT2D eigenvalue weighted by Crippen LogP contribution is -2.26. The van der Waals surface area contributed by atoms with Crippen molar-refractivity contribution in [1.29, 1.82) is 0 Å². The number of nitrogens with zero attached hydrogens (tertiary/aromatic N) is 2. The number of hydrogen-bond donors (Lipinski definition) is 0. The first kappa shape index (κ1) is 14.3. The average Bonchev–Trinajstić information content (AvgIpc) is 3.06. The standard InChI is InChI=1S/C17H20N2OS/c1-12-8-13(2)19(10-12)17-18-15(11-21-17)9-16(20)14-6-4-3-5-7-14/h3-7,11-13H,8-10H2,1-2H3. The third kappa shape index (κ3) is 3.16. The van der Waals surface area contributed by atoms with E-state index < -0.39 is 0 Å². The van der Waals surface area contributed by atoms with Crippen LogP contribution in [-0.4, -0.2) is 23.4 Å². The molecule has 0 N–H and O–H groups in total. The number of anilines is 1. The molecule has 2 unspecified atom stereocenters. The van der Waals surface area contributed by atoms with Crippen LogP contribution < -0.4 is 4.90 Å². The van der Waals surface area contributed by atoms with Gasteiger partial charge < -0.3 is 4.90 Å². The van der Waals surface area contributed by atoms with E-state index in [1.807, 2.05) is 35.7 Å². The Morgan fingerprint density at radius 2 is 2.10 bits per heavy atom. The molecule has 1 aromatic carbocycles. The topological polar surface area (TPSA) is 33.2 Å². The van der Waals surface area contributed by atoms with Crippen LogP contribution >= 0.6 is 11.3 Å². The number of hydrogen-bond acceptors (Lipinski definition) is 4. The molecule has 1 saturated heterocycles. The maximum absolute atomic E-state index is 12.2. The number of carbonyl (C=O) groups excluding carboxylic acids is 1. The van der Waals surface area contributed by atoms with E-state index in [0.29, 0.717) is 12.5 Å². The summed E-state index contributed by atoms with van der Waals surface area (Å²) in [6, 6.07) is 9.98. The van der Waals surface area contributed by atoms with Crippen molar-refractivity contribution in [2.24, 2.45) is 5.92 Å². The molecular weight excluding hydrogens is 280 g/mol. The van der Waals surface area contributed by atoms with E-state index in [1.54, 1.807) is 11.3 Å². The number of rotatable bonds is 4. The number of Topliss-reactive ketones (excluding diaryl/α,β-unsaturated/α-hetero) is 1.